The number of likely N-dealkylation sites (N-methyl/N-ethyl adjacent to an activating group) is 1. The zero-order valence-corrected chi connectivity index (χ0v) is 12.6. The van der Waals surface area contributed by atoms with Gasteiger partial charge in [-0.2, -0.15) is 13.2 Å². The van der Waals surface area contributed by atoms with E-state index in [1.54, 1.807) is 0 Å². The van der Waals surface area contributed by atoms with Gasteiger partial charge >= 0.3 is 6.18 Å². The molecule has 21 heavy (non-hydrogen) atoms. The third kappa shape index (κ3) is 3.65. The lowest BCUT2D eigenvalue weighted by atomic mass is 10.0. The Bertz CT molecular complexity index is 523. The number of hydrogen-bond acceptors (Lipinski definition) is 3. The molecule has 116 valence electrons. The fourth-order valence-corrected chi connectivity index (χ4v) is 2.67. The lowest BCUT2D eigenvalue weighted by Gasteiger charge is -2.35. The van der Waals surface area contributed by atoms with Crippen LogP contribution in [0.2, 0.25) is 0 Å². The van der Waals surface area contributed by atoms with E-state index in [1.807, 2.05) is 0 Å². The Labute approximate surface area is 127 Å². The van der Waals surface area contributed by atoms with Gasteiger partial charge in [-0.25, -0.2) is 0 Å². The zero-order chi connectivity index (χ0) is 15.6. The second-order valence-corrected chi connectivity index (χ2v) is 5.45. The van der Waals surface area contributed by atoms with Crippen LogP contribution in [0.15, 0.2) is 18.2 Å². The van der Waals surface area contributed by atoms with Crippen molar-refractivity contribution in [1.82, 2.24) is 4.90 Å². The molecule has 0 atom stereocenters. The Kier molecular flexibility index (Phi) is 4.73. The number of rotatable bonds is 3. The van der Waals surface area contributed by atoms with Gasteiger partial charge in [-0.1, -0.05) is 19.1 Å². The van der Waals surface area contributed by atoms with E-state index in [1.165, 1.54) is 12.1 Å². The van der Waals surface area contributed by atoms with E-state index >= 15 is 0 Å². The van der Waals surface area contributed by atoms with E-state index in [9.17, 15) is 13.2 Å². The first-order chi connectivity index (χ1) is 9.82. The van der Waals surface area contributed by atoms with E-state index in [-0.39, 0.29) is 10.6 Å². The maximum Gasteiger partial charge on any atom is 0.417 e. The molecule has 0 amide bonds. The number of piperazine rings is 1. The van der Waals surface area contributed by atoms with E-state index < -0.39 is 11.7 Å². The molecular weight excluding hydrogens is 299 g/mol. The number of halogens is 3. The molecular formula is C14H18F3N3S. The van der Waals surface area contributed by atoms with Gasteiger partial charge in [0.25, 0.3) is 0 Å². The number of benzene rings is 1. The highest BCUT2D eigenvalue weighted by atomic mass is 32.1. The Morgan fingerprint density at radius 1 is 1.24 bits per heavy atom. The molecule has 0 saturated carbocycles. The van der Waals surface area contributed by atoms with Crippen molar-refractivity contribution in [3.05, 3.63) is 29.3 Å². The van der Waals surface area contributed by atoms with Crippen LogP contribution in [0.3, 0.4) is 0 Å². The number of thiocarbonyl (C=S) groups is 1. The summed E-state index contributed by atoms with van der Waals surface area (Å²) >= 11 is 4.77. The molecule has 0 bridgehead atoms. The Hall–Kier alpha value is -1.34. The lowest BCUT2D eigenvalue weighted by Crippen LogP contribution is -2.46. The molecule has 1 saturated heterocycles. The van der Waals surface area contributed by atoms with Crippen LogP contribution in [0.1, 0.15) is 18.1 Å². The van der Waals surface area contributed by atoms with E-state index in [4.69, 9.17) is 18.0 Å². The van der Waals surface area contributed by atoms with Gasteiger partial charge in [-0.3, -0.25) is 0 Å². The lowest BCUT2D eigenvalue weighted by molar-refractivity contribution is -0.137. The van der Waals surface area contributed by atoms with Crippen molar-refractivity contribution in [3.8, 4) is 0 Å². The van der Waals surface area contributed by atoms with Gasteiger partial charge in [-0.15, -0.1) is 0 Å². The third-order valence-corrected chi connectivity index (χ3v) is 3.98. The number of hydrogen-bond donors (Lipinski definition) is 1. The van der Waals surface area contributed by atoms with Crippen molar-refractivity contribution in [3.63, 3.8) is 0 Å². The van der Waals surface area contributed by atoms with Gasteiger partial charge in [0.1, 0.15) is 4.99 Å². The molecule has 7 heteroatoms. The fraction of sp³-hybridized carbons (Fsp3) is 0.500. The Morgan fingerprint density at radius 2 is 1.86 bits per heavy atom. The Morgan fingerprint density at radius 3 is 2.33 bits per heavy atom. The highest BCUT2D eigenvalue weighted by Gasteiger charge is 2.34. The molecule has 0 spiro atoms. The standard InChI is InChI=1S/C14H18F3N3S/c1-2-19-5-7-20(8-6-19)10-3-4-12(14(15,16)17)11(9-10)13(18)21/h3-4,9H,2,5-8H2,1H3,(H2,18,21). The van der Waals surface area contributed by atoms with Crippen LogP contribution in [0.25, 0.3) is 0 Å². The van der Waals surface area contributed by atoms with Crippen LogP contribution in [0, 0.1) is 0 Å². The van der Waals surface area contributed by atoms with Gasteiger partial charge < -0.3 is 15.5 Å². The molecule has 0 aliphatic carbocycles. The van der Waals surface area contributed by atoms with Crippen LogP contribution in [0.5, 0.6) is 0 Å². The van der Waals surface area contributed by atoms with Crippen molar-refractivity contribution < 1.29 is 13.2 Å². The SMILES string of the molecule is CCN1CCN(c2ccc(C(F)(F)F)c(C(N)=S)c2)CC1. The van der Waals surface area contributed by atoms with Crippen molar-refractivity contribution in [1.29, 1.82) is 0 Å². The maximum atomic E-state index is 12.9. The minimum atomic E-state index is -4.45. The first-order valence-corrected chi connectivity index (χ1v) is 7.22. The van der Waals surface area contributed by atoms with Gasteiger partial charge in [0.05, 0.1) is 5.56 Å². The molecule has 0 unspecified atom stereocenters. The van der Waals surface area contributed by atoms with Crippen LogP contribution in [0.4, 0.5) is 18.9 Å². The largest absolute Gasteiger partial charge is 0.417 e. The second kappa shape index (κ2) is 6.19. The van der Waals surface area contributed by atoms with Gasteiger partial charge in [0, 0.05) is 37.4 Å². The van der Waals surface area contributed by atoms with E-state index in [0.29, 0.717) is 0 Å². The van der Waals surface area contributed by atoms with Crippen molar-refractivity contribution in [2.75, 3.05) is 37.6 Å². The predicted molar refractivity (Wildman–Crippen MR) is 81.7 cm³/mol. The zero-order valence-electron chi connectivity index (χ0n) is 11.8. The van der Waals surface area contributed by atoms with Crippen LogP contribution >= 0.6 is 12.2 Å². The van der Waals surface area contributed by atoms with Crippen molar-refractivity contribution in [2.24, 2.45) is 5.73 Å². The average molecular weight is 317 g/mol. The molecule has 1 aromatic carbocycles. The van der Waals surface area contributed by atoms with E-state index in [2.05, 4.69) is 16.7 Å². The summed E-state index contributed by atoms with van der Waals surface area (Å²) < 4.78 is 38.8. The minimum Gasteiger partial charge on any atom is -0.389 e. The summed E-state index contributed by atoms with van der Waals surface area (Å²) in [6, 6.07) is 4.01. The number of nitrogens with two attached hydrogens (primary N) is 1. The molecule has 1 aromatic rings. The summed E-state index contributed by atoms with van der Waals surface area (Å²) in [4.78, 5) is 4.14. The van der Waals surface area contributed by atoms with E-state index in [0.717, 1.165) is 44.5 Å². The van der Waals surface area contributed by atoms with Gasteiger partial charge in [0.15, 0.2) is 0 Å². The molecule has 1 aliphatic heterocycles. The summed E-state index contributed by atoms with van der Waals surface area (Å²) in [7, 11) is 0. The number of alkyl halides is 3. The van der Waals surface area contributed by atoms with Crippen molar-refractivity contribution in [2.45, 2.75) is 13.1 Å². The molecule has 1 heterocycles. The third-order valence-electron chi connectivity index (χ3n) is 3.76. The smallest absolute Gasteiger partial charge is 0.389 e. The highest BCUT2D eigenvalue weighted by molar-refractivity contribution is 7.80. The molecule has 0 radical (unpaired) electrons. The number of nitrogens with zero attached hydrogens (tertiary/aromatic N) is 2. The first-order valence-electron chi connectivity index (χ1n) is 6.81. The average Bonchev–Trinajstić information content (AvgIpc) is 2.45. The van der Waals surface area contributed by atoms with Crippen LogP contribution < -0.4 is 10.6 Å². The van der Waals surface area contributed by atoms with Gasteiger partial charge in [0.2, 0.25) is 0 Å². The maximum absolute atomic E-state index is 12.9. The summed E-state index contributed by atoms with van der Waals surface area (Å²) in [5, 5.41) is 0. The summed E-state index contributed by atoms with van der Waals surface area (Å²) in [5.74, 6) is 0. The quantitative estimate of drug-likeness (QED) is 0.868. The molecule has 1 aliphatic rings. The fourth-order valence-electron chi connectivity index (χ4n) is 2.50. The summed E-state index contributed by atoms with van der Waals surface area (Å²) in [5.41, 5.74) is 5.32. The topological polar surface area (TPSA) is 32.5 Å². The van der Waals surface area contributed by atoms with Crippen molar-refractivity contribution >= 4 is 22.9 Å². The normalized spacial score (nSPS) is 17.0. The number of anilines is 1. The molecule has 1 fully saturated rings. The van der Waals surface area contributed by atoms with Crippen LogP contribution in [-0.2, 0) is 6.18 Å². The molecule has 2 N–H and O–H groups in total. The second-order valence-electron chi connectivity index (χ2n) is 5.01. The first kappa shape index (κ1) is 16.0. The summed E-state index contributed by atoms with van der Waals surface area (Å²) in [6.45, 7) is 6.46. The van der Waals surface area contributed by atoms with Gasteiger partial charge in [-0.05, 0) is 24.7 Å². The van der Waals surface area contributed by atoms with Crippen LogP contribution in [-0.4, -0.2) is 42.6 Å². The minimum absolute atomic E-state index is 0.104. The molecule has 0 aromatic heterocycles. The summed E-state index contributed by atoms with van der Waals surface area (Å²) in [6.07, 6.45) is -4.45. The molecule has 2 rings (SSSR count). The monoisotopic (exact) mass is 317 g/mol. The Balaban J connectivity index is 2.27. The molecule has 3 nitrogen and oxygen atoms in total. The predicted octanol–water partition coefficient (Wildman–Crippen LogP) is 2.48. The highest BCUT2D eigenvalue weighted by Crippen LogP contribution is 2.34.